The summed E-state index contributed by atoms with van der Waals surface area (Å²) in [7, 11) is 1.34. The highest BCUT2D eigenvalue weighted by Gasteiger charge is 2.13. The zero-order chi connectivity index (χ0) is 12.7. The largest absolute Gasteiger partial charge is 0.465 e. The van der Waals surface area contributed by atoms with Gasteiger partial charge in [-0.05, 0) is 18.2 Å². The van der Waals surface area contributed by atoms with E-state index in [0.29, 0.717) is 16.3 Å². The third-order valence-electron chi connectivity index (χ3n) is 2.35. The van der Waals surface area contributed by atoms with Crippen molar-refractivity contribution in [1.29, 1.82) is 0 Å². The predicted octanol–water partition coefficient (Wildman–Crippen LogP) is 2.73. The lowest BCUT2D eigenvalue weighted by Gasteiger charge is -2.07. The van der Waals surface area contributed by atoms with Gasteiger partial charge in [0, 0.05) is 6.20 Å². The summed E-state index contributed by atoms with van der Waals surface area (Å²) in [6, 6.07) is 1.58. The van der Waals surface area contributed by atoms with Gasteiger partial charge in [-0.25, -0.2) is 9.78 Å². The summed E-state index contributed by atoms with van der Waals surface area (Å²) >= 11 is 1.59. The highest BCUT2D eigenvalue weighted by Crippen LogP contribution is 2.26. The molecule has 0 radical (unpaired) electrons. The number of aromatic nitrogens is 1. The van der Waals surface area contributed by atoms with Crippen molar-refractivity contribution in [1.82, 2.24) is 4.98 Å². The SMILES string of the molecule is CCCCCSc1nccc(C(=O)OC)c1N. The van der Waals surface area contributed by atoms with Crippen LogP contribution >= 0.6 is 11.8 Å². The number of nitrogens with two attached hydrogens (primary N) is 1. The Morgan fingerprint density at radius 3 is 2.94 bits per heavy atom. The quantitative estimate of drug-likeness (QED) is 0.480. The minimum atomic E-state index is -0.416. The molecular weight excluding hydrogens is 236 g/mol. The molecule has 0 unspecified atom stereocenters. The third kappa shape index (κ3) is 3.93. The van der Waals surface area contributed by atoms with Gasteiger partial charge >= 0.3 is 5.97 Å². The highest BCUT2D eigenvalue weighted by atomic mass is 32.2. The van der Waals surface area contributed by atoms with Crippen molar-refractivity contribution in [2.75, 3.05) is 18.6 Å². The van der Waals surface area contributed by atoms with E-state index in [9.17, 15) is 4.79 Å². The van der Waals surface area contributed by atoms with E-state index in [1.165, 1.54) is 20.0 Å². The maximum Gasteiger partial charge on any atom is 0.340 e. The van der Waals surface area contributed by atoms with Gasteiger partial charge in [-0.1, -0.05) is 19.8 Å². The van der Waals surface area contributed by atoms with Gasteiger partial charge in [0.15, 0.2) is 0 Å². The molecule has 2 N–H and O–H groups in total. The van der Waals surface area contributed by atoms with Crippen LogP contribution in [-0.2, 0) is 4.74 Å². The number of esters is 1. The van der Waals surface area contributed by atoms with Crippen molar-refractivity contribution < 1.29 is 9.53 Å². The maximum atomic E-state index is 11.4. The highest BCUT2D eigenvalue weighted by molar-refractivity contribution is 7.99. The van der Waals surface area contributed by atoms with Gasteiger partial charge in [0.05, 0.1) is 18.4 Å². The molecule has 4 nitrogen and oxygen atoms in total. The zero-order valence-corrected chi connectivity index (χ0v) is 11.0. The van der Waals surface area contributed by atoms with E-state index >= 15 is 0 Å². The van der Waals surface area contributed by atoms with Crippen molar-refractivity contribution in [3.05, 3.63) is 17.8 Å². The second-order valence-corrected chi connectivity index (χ2v) is 4.71. The van der Waals surface area contributed by atoms with Crippen molar-refractivity contribution in [2.45, 2.75) is 31.2 Å². The van der Waals surface area contributed by atoms with Gasteiger partial charge in [-0.15, -0.1) is 11.8 Å². The third-order valence-corrected chi connectivity index (χ3v) is 3.44. The number of thioether (sulfide) groups is 1. The van der Waals surface area contributed by atoms with Gasteiger partial charge in [-0.2, -0.15) is 0 Å². The molecule has 0 bridgehead atoms. The van der Waals surface area contributed by atoms with Gasteiger partial charge < -0.3 is 10.5 Å². The van der Waals surface area contributed by atoms with Crippen LogP contribution in [0, 0.1) is 0 Å². The molecule has 94 valence electrons. The number of nitrogen functional groups attached to an aromatic ring is 1. The Balaban J connectivity index is 2.70. The fourth-order valence-corrected chi connectivity index (χ4v) is 2.32. The van der Waals surface area contributed by atoms with Crippen LogP contribution in [-0.4, -0.2) is 23.8 Å². The van der Waals surface area contributed by atoms with E-state index in [4.69, 9.17) is 5.73 Å². The number of carbonyl (C=O) groups is 1. The first-order valence-electron chi connectivity index (χ1n) is 5.66. The molecule has 1 aromatic heterocycles. The molecule has 5 heteroatoms. The first kappa shape index (κ1) is 13.8. The number of hydrogen-bond acceptors (Lipinski definition) is 5. The minimum absolute atomic E-state index is 0.389. The summed E-state index contributed by atoms with van der Waals surface area (Å²) in [6.45, 7) is 2.16. The van der Waals surface area contributed by atoms with Crippen LogP contribution in [0.4, 0.5) is 5.69 Å². The fourth-order valence-electron chi connectivity index (χ4n) is 1.38. The van der Waals surface area contributed by atoms with Crippen molar-refractivity contribution in [3.8, 4) is 0 Å². The van der Waals surface area contributed by atoms with Crippen LogP contribution in [0.25, 0.3) is 0 Å². The van der Waals surface area contributed by atoms with E-state index < -0.39 is 5.97 Å². The summed E-state index contributed by atoms with van der Waals surface area (Å²) in [6.07, 6.45) is 5.10. The number of rotatable bonds is 6. The summed E-state index contributed by atoms with van der Waals surface area (Å²) in [5.74, 6) is 0.552. The summed E-state index contributed by atoms with van der Waals surface area (Å²) in [5, 5.41) is 0.712. The standard InChI is InChI=1S/C12H18N2O2S/c1-3-4-5-8-17-11-10(13)9(6-7-14-11)12(15)16-2/h6-7H,3-5,8,13H2,1-2H3. The van der Waals surface area contributed by atoms with Crippen LogP contribution in [0.15, 0.2) is 17.3 Å². The first-order chi connectivity index (χ1) is 8.20. The monoisotopic (exact) mass is 254 g/mol. The normalized spacial score (nSPS) is 10.2. The second kappa shape index (κ2) is 7.17. The summed E-state index contributed by atoms with van der Waals surface area (Å²) in [4.78, 5) is 15.6. The number of carbonyl (C=O) groups excluding carboxylic acids is 1. The lowest BCUT2D eigenvalue weighted by molar-refractivity contribution is 0.0601. The van der Waals surface area contributed by atoms with Gasteiger partial charge in [0.2, 0.25) is 0 Å². The molecule has 17 heavy (non-hydrogen) atoms. The van der Waals surface area contributed by atoms with Gasteiger partial charge in [-0.3, -0.25) is 0 Å². The molecule has 0 aromatic carbocycles. The Morgan fingerprint density at radius 2 is 2.29 bits per heavy atom. The van der Waals surface area contributed by atoms with Crippen LogP contribution in [0.5, 0.6) is 0 Å². The Kier molecular flexibility index (Phi) is 5.83. The smallest absolute Gasteiger partial charge is 0.340 e. The zero-order valence-electron chi connectivity index (χ0n) is 10.2. The number of pyridine rings is 1. The number of hydrogen-bond donors (Lipinski definition) is 1. The molecular formula is C12H18N2O2S. The van der Waals surface area contributed by atoms with Crippen LogP contribution < -0.4 is 5.73 Å². The average molecular weight is 254 g/mol. The predicted molar refractivity (Wildman–Crippen MR) is 70.2 cm³/mol. The summed E-state index contributed by atoms with van der Waals surface area (Å²) in [5.41, 5.74) is 6.70. The van der Waals surface area contributed by atoms with E-state index in [0.717, 1.165) is 12.2 Å². The molecule has 0 fully saturated rings. The molecule has 0 aliphatic heterocycles. The molecule has 1 rings (SSSR count). The number of anilines is 1. The first-order valence-corrected chi connectivity index (χ1v) is 6.64. The van der Waals surface area contributed by atoms with Crippen LogP contribution in [0.2, 0.25) is 0 Å². The number of ether oxygens (including phenoxy) is 1. The molecule has 0 saturated heterocycles. The molecule has 0 atom stereocenters. The average Bonchev–Trinajstić information content (AvgIpc) is 2.35. The van der Waals surface area contributed by atoms with Crippen LogP contribution in [0.1, 0.15) is 36.5 Å². The molecule has 0 saturated carbocycles. The Labute approximate surface area is 106 Å². The minimum Gasteiger partial charge on any atom is -0.465 e. The van der Waals surface area contributed by atoms with E-state index in [1.54, 1.807) is 24.0 Å². The van der Waals surface area contributed by atoms with E-state index in [1.807, 2.05) is 0 Å². The summed E-state index contributed by atoms with van der Waals surface area (Å²) < 4.78 is 4.66. The maximum absolute atomic E-state index is 11.4. The Morgan fingerprint density at radius 1 is 1.53 bits per heavy atom. The lowest BCUT2D eigenvalue weighted by atomic mass is 10.2. The topological polar surface area (TPSA) is 65.2 Å². The number of nitrogens with zero attached hydrogens (tertiary/aromatic N) is 1. The van der Waals surface area contributed by atoms with Gasteiger partial charge in [0.1, 0.15) is 5.03 Å². The number of methoxy groups -OCH3 is 1. The van der Waals surface area contributed by atoms with Crippen molar-refractivity contribution in [3.63, 3.8) is 0 Å². The molecule has 0 aliphatic carbocycles. The Bertz CT molecular complexity index is 383. The number of unbranched alkanes of at least 4 members (excludes halogenated alkanes) is 2. The van der Waals surface area contributed by atoms with Crippen molar-refractivity contribution >= 4 is 23.4 Å². The molecule has 0 aliphatic rings. The molecule has 0 spiro atoms. The lowest BCUT2D eigenvalue weighted by Crippen LogP contribution is -2.07. The van der Waals surface area contributed by atoms with Crippen molar-refractivity contribution in [2.24, 2.45) is 0 Å². The van der Waals surface area contributed by atoms with Gasteiger partial charge in [0.25, 0.3) is 0 Å². The van der Waals surface area contributed by atoms with Crippen LogP contribution in [0.3, 0.4) is 0 Å². The fraction of sp³-hybridized carbons (Fsp3) is 0.500. The molecule has 0 amide bonds. The Hall–Kier alpha value is -1.23. The molecule has 1 heterocycles. The van der Waals surface area contributed by atoms with E-state index in [-0.39, 0.29) is 0 Å². The second-order valence-electron chi connectivity index (χ2n) is 3.62. The molecule has 1 aromatic rings. The van der Waals surface area contributed by atoms with E-state index in [2.05, 4.69) is 16.6 Å².